The lowest BCUT2D eigenvalue weighted by Crippen LogP contribution is -2.47. The van der Waals surface area contributed by atoms with Crippen molar-refractivity contribution in [3.8, 4) is 0 Å². The molecule has 2 fully saturated rings. The van der Waals surface area contributed by atoms with Crippen molar-refractivity contribution in [1.82, 2.24) is 20.4 Å². The van der Waals surface area contributed by atoms with Gasteiger partial charge in [-0.25, -0.2) is 0 Å². The van der Waals surface area contributed by atoms with Crippen LogP contribution in [0.2, 0.25) is 0 Å². The smallest absolute Gasteiger partial charge is 0.356 e. The lowest BCUT2D eigenvalue weighted by atomic mass is 9.97. The van der Waals surface area contributed by atoms with Crippen molar-refractivity contribution in [3.63, 3.8) is 0 Å². The van der Waals surface area contributed by atoms with Crippen LogP contribution in [0.15, 0.2) is 4.99 Å². The number of nitrogens with one attached hydrogen (secondary N) is 2. The molecule has 9 heteroatoms. The molecule has 1 unspecified atom stereocenters. The van der Waals surface area contributed by atoms with Crippen LogP contribution in [0.4, 0.5) is 13.2 Å². The first-order valence-electron chi connectivity index (χ1n) is 9.38. The summed E-state index contributed by atoms with van der Waals surface area (Å²) in [7, 11) is 1.71. The van der Waals surface area contributed by atoms with Crippen LogP contribution < -0.4 is 10.6 Å². The van der Waals surface area contributed by atoms with Gasteiger partial charge in [0.2, 0.25) is 0 Å². The summed E-state index contributed by atoms with van der Waals surface area (Å²) in [6.45, 7) is 6.63. The van der Waals surface area contributed by atoms with Gasteiger partial charge >= 0.3 is 6.18 Å². The molecule has 154 valence electrons. The standard InChI is InChI=1S/C17H32F3N5.HI/c1-3-7-24-8-4-14(5-9-24)11-22-16(21-2)23-15-6-10-25(12-15)13-17(18,19)20;/h14-15H,3-13H2,1-2H3,(H2,21,22,23);1H. The molecule has 0 bridgehead atoms. The third kappa shape index (κ3) is 8.60. The van der Waals surface area contributed by atoms with Crippen LogP contribution in [0.1, 0.15) is 32.6 Å². The van der Waals surface area contributed by atoms with Crippen LogP contribution in [0.3, 0.4) is 0 Å². The fraction of sp³-hybridized carbons (Fsp3) is 0.941. The van der Waals surface area contributed by atoms with Gasteiger partial charge in [-0.1, -0.05) is 6.92 Å². The Bertz CT molecular complexity index is 425. The molecular formula is C17H33F3IN5. The first-order valence-corrected chi connectivity index (χ1v) is 9.38. The van der Waals surface area contributed by atoms with Gasteiger partial charge in [-0.3, -0.25) is 9.89 Å². The summed E-state index contributed by atoms with van der Waals surface area (Å²) in [5.41, 5.74) is 0. The third-order valence-electron chi connectivity index (χ3n) is 5.04. The van der Waals surface area contributed by atoms with Crippen molar-refractivity contribution in [2.24, 2.45) is 10.9 Å². The van der Waals surface area contributed by atoms with Gasteiger partial charge in [0, 0.05) is 32.7 Å². The number of halogens is 4. The Labute approximate surface area is 172 Å². The normalized spacial score (nSPS) is 23.7. The number of guanidine groups is 1. The van der Waals surface area contributed by atoms with Crippen LogP contribution in [-0.4, -0.2) is 80.8 Å². The number of hydrogen-bond acceptors (Lipinski definition) is 3. The summed E-state index contributed by atoms with van der Waals surface area (Å²) < 4.78 is 37.4. The number of nitrogens with zero attached hydrogens (tertiary/aromatic N) is 3. The molecular weight excluding hydrogens is 458 g/mol. The fourth-order valence-corrected chi connectivity index (χ4v) is 3.71. The highest BCUT2D eigenvalue weighted by atomic mass is 127. The van der Waals surface area contributed by atoms with Crippen molar-refractivity contribution < 1.29 is 13.2 Å². The minimum atomic E-state index is -4.12. The zero-order valence-electron chi connectivity index (χ0n) is 15.8. The van der Waals surface area contributed by atoms with Gasteiger partial charge in [0.25, 0.3) is 0 Å². The second-order valence-electron chi connectivity index (χ2n) is 7.22. The van der Waals surface area contributed by atoms with Crippen LogP contribution in [-0.2, 0) is 0 Å². The van der Waals surface area contributed by atoms with Gasteiger partial charge in [0.1, 0.15) is 0 Å². The van der Waals surface area contributed by atoms with Crippen molar-refractivity contribution >= 4 is 29.9 Å². The second-order valence-corrected chi connectivity index (χ2v) is 7.22. The second kappa shape index (κ2) is 11.5. The third-order valence-corrected chi connectivity index (χ3v) is 5.04. The molecule has 0 aromatic rings. The number of piperidine rings is 1. The molecule has 1 atom stereocenters. The summed E-state index contributed by atoms with van der Waals surface area (Å²) in [6, 6.07) is 0.0277. The summed E-state index contributed by atoms with van der Waals surface area (Å²) in [4.78, 5) is 8.19. The summed E-state index contributed by atoms with van der Waals surface area (Å²) in [5.74, 6) is 1.34. The quantitative estimate of drug-likeness (QED) is 0.341. The van der Waals surface area contributed by atoms with Crippen LogP contribution >= 0.6 is 24.0 Å². The molecule has 0 aromatic carbocycles. The zero-order valence-corrected chi connectivity index (χ0v) is 18.1. The summed E-state index contributed by atoms with van der Waals surface area (Å²) in [5, 5.41) is 6.63. The topological polar surface area (TPSA) is 42.9 Å². The molecule has 0 saturated carbocycles. The minimum Gasteiger partial charge on any atom is -0.356 e. The Morgan fingerprint density at radius 1 is 1.12 bits per heavy atom. The molecule has 26 heavy (non-hydrogen) atoms. The molecule has 0 spiro atoms. The van der Waals surface area contributed by atoms with Crippen molar-refractivity contribution in [2.75, 3.05) is 52.9 Å². The number of alkyl halides is 3. The molecule has 5 nitrogen and oxygen atoms in total. The molecule has 0 aromatic heterocycles. The first-order chi connectivity index (χ1) is 11.9. The van der Waals surface area contributed by atoms with E-state index in [1.54, 1.807) is 7.05 Å². The molecule has 2 saturated heterocycles. The van der Waals surface area contributed by atoms with Crippen molar-refractivity contribution in [3.05, 3.63) is 0 Å². The fourth-order valence-electron chi connectivity index (χ4n) is 3.71. The maximum atomic E-state index is 12.5. The average molecular weight is 491 g/mol. The Balaban J connectivity index is 0.00000338. The number of likely N-dealkylation sites (tertiary alicyclic amines) is 2. The van der Waals surface area contributed by atoms with E-state index in [9.17, 15) is 13.2 Å². The predicted octanol–water partition coefficient (Wildman–Crippen LogP) is 2.53. The molecule has 0 aliphatic carbocycles. The van der Waals surface area contributed by atoms with E-state index in [1.165, 1.54) is 30.7 Å². The van der Waals surface area contributed by atoms with E-state index in [1.807, 2.05) is 0 Å². The lowest BCUT2D eigenvalue weighted by Gasteiger charge is -2.32. The number of rotatable bonds is 6. The van der Waals surface area contributed by atoms with Crippen molar-refractivity contribution in [1.29, 1.82) is 0 Å². The Morgan fingerprint density at radius 3 is 2.35 bits per heavy atom. The monoisotopic (exact) mass is 491 g/mol. The van der Waals surface area contributed by atoms with E-state index < -0.39 is 12.7 Å². The van der Waals surface area contributed by atoms with Crippen LogP contribution in [0.5, 0.6) is 0 Å². The van der Waals surface area contributed by atoms with Crippen LogP contribution in [0.25, 0.3) is 0 Å². The number of hydrogen-bond donors (Lipinski definition) is 2. The van der Waals surface area contributed by atoms with E-state index in [2.05, 4.69) is 27.4 Å². The van der Waals surface area contributed by atoms with Crippen LogP contribution in [0, 0.1) is 5.92 Å². The van der Waals surface area contributed by atoms with E-state index in [-0.39, 0.29) is 30.0 Å². The molecule has 2 heterocycles. The SMILES string of the molecule is CCCN1CCC(CNC(=NC)NC2CCN(CC(F)(F)F)C2)CC1.I. The van der Waals surface area contributed by atoms with Gasteiger partial charge in [0.05, 0.1) is 6.54 Å². The van der Waals surface area contributed by atoms with E-state index >= 15 is 0 Å². The highest BCUT2D eigenvalue weighted by Gasteiger charge is 2.34. The molecule has 2 N–H and O–H groups in total. The molecule has 2 rings (SSSR count). The molecule has 0 radical (unpaired) electrons. The Morgan fingerprint density at radius 2 is 1.77 bits per heavy atom. The van der Waals surface area contributed by atoms with Gasteiger partial charge in [-0.15, -0.1) is 24.0 Å². The maximum absolute atomic E-state index is 12.5. The Hall–Kier alpha value is -0.290. The highest BCUT2D eigenvalue weighted by molar-refractivity contribution is 14.0. The minimum absolute atomic E-state index is 0. The maximum Gasteiger partial charge on any atom is 0.401 e. The number of aliphatic imine (C=N–C) groups is 1. The van der Waals surface area contributed by atoms with Gasteiger partial charge in [0.15, 0.2) is 5.96 Å². The first kappa shape index (κ1) is 23.7. The zero-order chi connectivity index (χ0) is 18.3. The largest absolute Gasteiger partial charge is 0.401 e. The molecule has 0 amide bonds. The average Bonchev–Trinajstić information content (AvgIpc) is 2.98. The van der Waals surface area contributed by atoms with Gasteiger partial charge in [-0.05, 0) is 51.2 Å². The Kier molecular flexibility index (Phi) is 10.5. The molecule has 2 aliphatic heterocycles. The summed E-state index contributed by atoms with van der Waals surface area (Å²) >= 11 is 0. The van der Waals surface area contributed by atoms with Crippen molar-refractivity contribution in [2.45, 2.75) is 44.8 Å². The summed E-state index contributed by atoms with van der Waals surface area (Å²) in [6.07, 6.45) is 0.166. The van der Waals surface area contributed by atoms with E-state index in [0.29, 0.717) is 31.4 Å². The molecule has 2 aliphatic rings. The van der Waals surface area contributed by atoms with Gasteiger partial charge in [-0.2, -0.15) is 13.2 Å². The van der Waals surface area contributed by atoms with E-state index in [4.69, 9.17) is 0 Å². The van der Waals surface area contributed by atoms with Gasteiger partial charge < -0.3 is 15.5 Å². The highest BCUT2D eigenvalue weighted by Crippen LogP contribution is 2.20. The van der Waals surface area contributed by atoms with E-state index in [0.717, 1.165) is 19.6 Å². The predicted molar refractivity (Wildman–Crippen MR) is 110 cm³/mol. The lowest BCUT2D eigenvalue weighted by molar-refractivity contribution is -0.143.